The molecular weight excluding hydrogens is 214 g/mol. The van der Waals surface area contributed by atoms with Gasteiger partial charge in [-0.3, -0.25) is 4.68 Å². The summed E-state index contributed by atoms with van der Waals surface area (Å²) in [6.07, 6.45) is 1.02. The van der Waals surface area contributed by atoms with E-state index in [1.165, 1.54) is 11.3 Å². The number of aromatic nitrogens is 2. The van der Waals surface area contributed by atoms with Gasteiger partial charge in [-0.05, 0) is 38.0 Å². The SMILES string of the molecule is CCc1c(C)nn(Cc2ccc(CN)o2)c1C. The molecule has 0 bridgehead atoms. The predicted molar refractivity (Wildman–Crippen MR) is 66.8 cm³/mol. The molecule has 0 amide bonds. The average Bonchev–Trinajstić information content (AvgIpc) is 2.86. The van der Waals surface area contributed by atoms with Crippen LogP contribution in [0.1, 0.15) is 35.4 Å². The highest BCUT2D eigenvalue weighted by atomic mass is 16.3. The summed E-state index contributed by atoms with van der Waals surface area (Å²) in [6, 6.07) is 3.88. The van der Waals surface area contributed by atoms with E-state index in [1.807, 2.05) is 16.8 Å². The maximum absolute atomic E-state index is 5.59. The summed E-state index contributed by atoms with van der Waals surface area (Å²) in [7, 11) is 0. The molecule has 0 fully saturated rings. The van der Waals surface area contributed by atoms with Crippen LogP contribution in [0.5, 0.6) is 0 Å². The first-order chi connectivity index (χ1) is 8.15. The molecule has 4 nitrogen and oxygen atoms in total. The van der Waals surface area contributed by atoms with Crippen LogP contribution in [0.4, 0.5) is 0 Å². The fraction of sp³-hybridized carbons (Fsp3) is 0.462. The van der Waals surface area contributed by atoms with Crippen LogP contribution in [0, 0.1) is 13.8 Å². The van der Waals surface area contributed by atoms with Crippen molar-refractivity contribution in [3.05, 3.63) is 40.6 Å². The van der Waals surface area contributed by atoms with Crippen molar-refractivity contribution in [3.63, 3.8) is 0 Å². The van der Waals surface area contributed by atoms with Crippen LogP contribution in [-0.4, -0.2) is 9.78 Å². The molecule has 2 heterocycles. The number of hydrogen-bond acceptors (Lipinski definition) is 3. The Morgan fingerprint density at radius 3 is 2.53 bits per heavy atom. The fourth-order valence-corrected chi connectivity index (χ4v) is 2.16. The lowest BCUT2D eigenvalue weighted by Gasteiger charge is -2.02. The van der Waals surface area contributed by atoms with Crippen LogP contribution < -0.4 is 5.73 Å². The van der Waals surface area contributed by atoms with Gasteiger partial charge in [0.2, 0.25) is 0 Å². The van der Waals surface area contributed by atoms with Crippen LogP contribution in [0.3, 0.4) is 0 Å². The maximum atomic E-state index is 5.59. The normalized spacial score (nSPS) is 11.1. The van der Waals surface area contributed by atoms with Gasteiger partial charge in [0.25, 0.3) is 0 Å². The molecule has 0 unspecified atom stereocenters. The van der Waals surface area contributed by atoms with Crippen LogP contribution in [0.15, 0.2) is 16.5 Å². The van der Waals surface area contributed by atoms with Crippen molar-refractivity contribution in [3.8, 4) is 0 Å². The second-order valence-electron chi connectivity index (χ2n) is 4.23. The van der Waals surface area contributed by atoms with Gasteiger partial charge in [-0.15, -0.1) is 0 Å². The molecule has 2 aromatic rings. The predicted octanol–water partition coefficient (Wildman–Crippen LogP) is 2.16. The summed E-state index contributed by atoms with van der Waals surface area (Å²) < 4.78 is 7.58. The fourth-order valence-electron chi connectivity index (χ4n) is 2.16. The summed E-state index contributed by atoms with van der Waals surface area (Å²) in [4.78, 5) is 0. The number of furan rings is 1. The highest BCUT2D eigenvalue weighted by Gasteiger charge is 2.11. The van der Waals surface area contributed by atoms with E-state index < -0.39 is 0 Å². The van der Waals surface area contributed by atoms with Crippen LogP contribution in [0.25, 0.3) is 0 Å². The zero-order valence-electron chi connectivity index (χ0n) is 10.7. The molecule has 2 aromatic heterocycles. The highest BCUT2D eigenvalue weighted by molar-refractivity contribution is 5.24. The molecule has 0 aliphatic rings. The second-order valence-corrected chi connectivity index (χ2v) is 4.23. The third kappa shape index (κ3) is 2.26. The van der Waals surface area contributed by atoms with Crippen molar-refractivity contribution in [2.45, 2.75) is 40.3 Å². The zero-order chi connectivity index (χ0) is 12.4. The van der Waals surface area contributed by atoms with E-state index in [1.54, 1.807) is 0 Å². The van der Waals surface area contributed by atoms with Crippen molar-refractivity contribution in [2.24, 2.45) is 5.73 Å². The third-order valence-electron chi connectivity index (χ3n) is 3.11. The molecule has 0 saturated carbocycles. The van der Waals surface area contributed by atoms with Gasteiger partial charge in [-0.2, -0.15) is 5.10 Å². The standard InChI is InChI=1S/C13H19N3O/c1-4-13-9(2)15-16(10(13)3)8-12-6-5-11(7-14)17-12/h5-6H,4,7-8,14H2,1-3H3. The summed E-state index contributed by atoms with van der Waals surface area (Å²) in [5, 5.41) is 4.54. The Bertz CT molecular complexity index is 511. The van der Waals surface area contributed by atoms with Crippen LogP contribution >= 0.6 is 0 Å². The van der Waals surface area contributed by atoms with Gasteiger partial charge in [-0.25, -0.2) is 0 Å². The molecular formula is C13H19N3O. The van der Waals surface area contributed by atoms with Gasteiger partial charge in [0.05, 0.1) is 18.8 Å². The quantitative estimate of drug-likeness (QED) is 0.880. The Morgan fingerprint density at radius 2 is 2.00 bits per heavy atom. The van der Waals surface area contributed by atoms with E-state index in [9.17, 15) is 0 Å². The summed E-state index contributed by atoms with van der Waals surface area (Å²) in [6.45, 7) is 7.42. The van der Waals surface area contributed by atoms with Crippen molar-refractivity contribution in [2.75, 3.05) is 0 Å². The summed E-state index contributed by atoms with van der Waals surface area (Å²) in [5.74, 6) is 1.72. The van der Waals surface area contributed by atoms with Crippen molar-refractivity contribution in [1.82, 2.24) is 9.78 Å². The van der Waals surface area contributed by atoms with Gasteiger partial charge in [0.1, 0.15) is 11.5 Å². The van der Waals surface area contributed by atoms with E-state index in [0.717, 1.165) is 23.6 Å². The molecule has 2 rings (SSSR count). The van der Waals surface area contributed by atoms with E-state index in [2.05, 4.69) is 25.9 Å². The van der Waals surface area contributed by atoms with Gasteiger partial charge >= 0.3 is 0 Å². The first-order valence-electron chi connectivity index (χ1n) is 5.96. The summed E-state index contributed by atoms with van der Waals surface area (Å²) >= 11 is 0. The molecule has 0 radical (unpaired) electrons. The van der Waals surface area contributed by atoms with Gasteiger partial charge in [-0.1, -0.05) is 6.92 Å². The Balaban J connectivity index is 2.24. The molecule has 17 heavy (non-hydrogen) atoms. The number of hydrogen-bond donors (Lipinski definition) is 1. The smallest absolute Gasteiger partial charge is 0.125 e. The molecule has 0 aliphatic carbocycles. The molecule has 0 spiro atoms. The van der Waals surface area contributed by atoms with Crippen LogP contribution in [-0.2, 0) is 19.5 Å². The van der Waals surface area contributed by atoms with Crippen molar-refractivity contribution >= 4 is 0 Å². The maximum Gasteiger partial charge on any atom is 0.125 e. The molecule has 0 aliphatic heterocycles. The molecule has 92 valence electrons. The lowest BCUT2D eigenvalue weighted by Crippen LogP contribution is -2.03. The van der Waals surface area contributed by atoms with Gasteiger partial charge in [0.15, 0.2) is 0 Å². The van der Waals surface area contributed by atoms with Gasteiger partial charge in [0, 0.05) is 5.69 Å². The topological polar surface area (TPSA) is 57.0 Å². The van der Waals surface area contributed by atoms with E-state index >= 15 is 0 Å². The lowest BCUT2D eigenvalue weighted by molar-refractivity contribution is 0.443. The molecule has 0 saturated heterocycles. The minimum absolute atomic E-state index is 0.442. The molecule has 2 N–H and O–H groups in total. The largest absolute Gasteiger partial charge is 0.463 e. The van der Waals surface area contributed by atoms with Crippen LogP contribution in [0.2, 0.25) is 0 Å². The molecule has 0 atom stereocenters. The second kappa shape index (κ2) is 4.75. The van der Waals surface area contributed by atoms with Gasteiger partial charge < -0.3 is 10.2 Å². The monoisotopic (exact) mass is 233 g/mol. The molecule has 0 aromatic carbocycles. The Morgan fingerprint density at radius 1 is 1.29 bits per heavy atom. The number of aryl methyl sites for hydroxylation is 1. The lowest BCUT2D eigenvalue weighted by atomic mass is 10.1. The highest BCUT2D eigenvalue weighted by Crippen LogP contribution is 2.16. The number of rotatable bonds is 4. The third-order valence-corrected chi connectivity index (χ3v) is 3.11. The van der Waals surface area contributed by atoms with E-state index in [0.29, 0.717) is 13.1 Å². The minimum Gasteiger partial charge on any atom is -0.463 e. The first-order valence-corrected chi connectivity index (χ1v) is 5.96. The average molecular weight is 233 g/mol. The first kappa shape index (κ1) is 11.9. The van der Waals surface area contributed by atoms with Crippen molar-refractivity contribution in [1.29, 1.82) is 0 Å². The van der Waals surface area contributed by atoms with E-state index in [-0.39, 0.29) is 0 Å². The Labute approximate surface area is 101 Å². The summed E-state index contributed by atoms with van der Waals surface area (Å²) in [5.41, 5.74) is 9.17. The minimum atomic E-state index is 0.442. The number of nitrogens with two attached hydrogens (primary N) is 1. The Hall–Kier alpha value is -1.55. The van der Waals surface area contributed by atoms with Crippen molar-refractivity contribution < 1.29 is 4.42 Å². The van der Waals surface area contributed by atoms with E-state index in [4.69, 9.17) is 10.2 Å². The molecule has 4 heteroatoms. The zero-order valence-corrected chi connectivity index (χ0v) is 10.7. The number of nitrogens with zero attached hydrogens (tertiary/aromatic N) is 2. The Kier molecular flexibility index (Phi) is 3.33.